The number of ether oxygens (including phenoxy) is 1. The van der Waals surface area contributed by atoms with Crippen LogP contribution in [0.25, 0.3) is 0 Å². The predicted octanol–water partition coefficient (Wildman–Crippen LogP) is 6.01. The van der Waals surface area contributed by atoms with Gasteiger partial charge in [-0.2, -0.15) is 0 Å². The van der Waals surface area contributed by atoms with Gasteiger partial charge in [0.15, 0.2) is 0 Å². The smallest absolute Gasteiger partial charge is 0.119 e. The molecule has 0 unspecified atom stereocenters. The maximum absolute atomic E-state index is 6.13. The van der Waals surface area contributed by atoms with Crippen molar-refractivity contribution in [2.45, 2.75) is 0 Å². The highest BCUT2D eigenvalue weighted by Crippen LogP contribution is 2.33. The van der Waals surface area contributed by atoms with Crippen molar-refractivity contribution in [3.63, 3.8) is 0 Å². The molecule has 1 N–H and O–H groups in total. The zero-order chi connectivity index (χ0) is 14.5. The van der Waals surface area contributed by atoms with Crippen LogP contribution in [0.4, 0.5) is 5.69 Å². The van der Waals surface area contributed by atoms with Crippen LogP contribution in [0.1, 0.15) is 0 Å². The van der Waals surface area contributed by atoms with Crippen molar-refractivity contribution in [1.82, 2.24) is 0 Å². The van der Waals surface area contributed by atoms with Crippen molar-refractivity contribution in [2.24, 2.45) is 0 Å². The summed E-state index contributed by atoms with van der Waals surface area (Å²) in [5.41, 5.74) is 0.718. The van der Waals surface area contributed by atoms with Gasteiger partial charge in [0.1, 0.15) is 12.4 Å². The van der Waals surface area contributed by atoms with Gasteiger partial charge >= 0.3 is 0 Å². The fourth-order valence-corrected chi connectivity index (χ4v) is 3.19. The van der Waals surface area contributed by atoms with Gasteiger partial charge in [-0.25, -0.2) is 0 Å². The van der Waals surface area contributed by atoms with Gasteiger partial charge in [0.25, 0.3) is 0 Å². The van der Waals surface area contributed by atoms with Crippen LogP contribution < -0.4 is 10.1 Å². The third kappa shape index (κ3) is 4.55. The quantitative estimate of drug-likeness (QED) is 0.576. The summed E-state index contributed by atoms with van der Waals surface area (Å²) >= 11 is 19.0. The summed E-state index contributed by atoms with van der Waals surface area (Å²) in [5, 5.41) is 4.32. The minimum Gasteiger partial charge on any atom is -0.492 e. The SMILES string of the molecule is Clc1cc(Br)cc(Cl)c1NCCOc1ccc(Br)cc1. The van der Waals surface area contributed by atoms with Gasteiger partial charge in [-0.3, -0.25) is 0 Å². The molecule has 0 amide bonds. The van der Waals surface area contributed by atoms with E-state index in [9.17, 15) is 0 Å². The van der Waals surface area contributed by atoms with E-state index in [0.29, 0.717) is 23.2 Å². The molecule has 106 valence electrons. The Bertz CT molecular complexity index is 567. The van der Waals surface area contributed by atoms with Gasteiger partial charge < -0.3 is 10.1 Å². The Morgan fingerprint density at radius 2 is 1.55 bits per heavy atom. The minimum absolute atomic E-state index is 0.518. The third-order valence-corrected chi connectivity index (χ3v) is 4.08. The molecule has 0 spiro atoms. The molecule has 0 atom stereocenters. The second kappa shape index (κ2) is 7.55. The van der Waals surface area contributed by atoms with Crippen molar-refractivity contribution in [3.8, 4) is 5.75 Å². The first-order chi connectivity index (χ1) is 9.56. The average Bonchev–Trinajstić information content (AvgIpc) is 2.39. The van der Waals surface area contributed by atoms with Crippen molar-refractivity contribution < 1.29 is 4.74 Å². The lowest BCUT2D eigenvalue weighted by atomic mass is 10.3. The van der Waals surface area contributed by atoms with Crippen molar-refractivity contribution in [1.29, 1.82) is 0 Å². The number of hydrogen-bond donors (Lipinski definition) is 1. The molecule has 20 heavy (non-hydrogen) atoms. The normalized spacial score (nSPS) is 10.4. The summed E-state index contributed by atoms with van der Waals surface area (Å²) in [6.45, 7) is 1.13. The first-order valence-electron chi connectivity index (χ1n) is 5.83. The number of anilines is 1. The molecule has 2 rings (SSSR count). The first kappa shape index (κ1) is 16.0. The van der Waals surface area contributed by atoms with Gasteiger partial charge in [0, 0.05) is 15.5 Å². The zero-order valence-corrected chi connectivity index (χ0v) is 15.0. The summed E-state index contributed by atoms with van der Waals surface area (Å²) < 4.78 is 7.48. The van der Waals surface area contributed by atoms with E-state index in [-0.39, 0.29) is 0 Å². The Morgan fingerprint density at radius 1 is 0.950 bits per heavy atom. The maximum Gasteiger partial charge on any atom is 0.119 e. The average molecular weight is 440 g/mol. The molecular weight excluding hydrogens is 429 g/mol. The number of nitrogens with one attached hydrogen (secondary N) is 1. The molecule has 0 aliphatic heterocycles. The van der Waals surface area contributed by atoms with Gasteiger partial charge in [-0.15, -0.1) is 0 Å². The van der Waals surface area contributed by atoms with Gasteiger partial charge in [-0.05, 0) is 36.4 Å². The maximum atomic E-state index is 6.13. The fourth-order valence-electron chi connectivity index (χ4n) is 1.59. The van der Waals surface area contributed by atoms with Crippen LogP contribution in [-0.2, 0) is 0 Å². The Hall–Kier alpha value is -0.420. The second-order valence-electron chi connectivity index (χ2n) is 3.97. The van der Waals surface area contributed by atoms with E-state index in [1.165, 1.54) is 0 Å². The Labute approximate surface area is 144 Å². The lowest BCUT2D eigenvalue weighted by Crippen LogP contribution is -2.12. The molecule has 0 aliphatic carbocycles. The monoisotopic (exact) mass is 437 g/mol. The standard InChI is InChI=1S/C14H11Br2Cl2NO/c15-9-1-3-11(4-2-9)20-6-5-19-14-12(17)7-10(16)8-13(14)18/h1-4,7-8,19H,5-6H2. The van der Waals surface area contributed by atoms with E-state index in [4.69, 9.17) is 27.9 Å². The van der Waals surface area contributed by atoms with Crippen LogP contribution in [0.5, 0.6) is 5.75 Å². The van der Waals surface area contributed by atoms with Gasteiger partial charge in [-0.1, -0.05) is 55.1 Å². The molecule has 0 fully saturated rings. The molecular formula is C14H11Br2Cl2NO. The molecule has 0 heterocycles. The summed E-state index contributed by atoms with van der Waals surface area (Å²) in [6.07, 6.45) is 0. The van der Waals surface area contributed by atoms with Crippen LogP contribution in [-0.4, -0.2) is 13.2 Å². The van der Waals surface area contributed by atoms with Crippen LogP contribution in [0, 0.1) is 0 Å². The second-order valence-corrected chi connectivity index (χ2v) is 6.62. The van der Waals surface area contributed by atoms with E-state index >= 15 is 0 Å². The molecule has 6 heteroatoms. The van der Waals surface area contributed by atoms with E-state index in [2.05, 4.69) is 37.2 Å². The zero-order valence-electron chi connectivity index (χ0n) is 10.3. The van der Waals surface area contributed by atoms with Crippen molar-refractivity contribution in [3.05, 3.63) is 55.4 Å². The van der Waals surface area contributed by atoms with Crippen molar-refractivity contribution in [2.75, 3.05) is 18.5 Å². The lowest BCUT2D eigenvalue weighted by molar-refractivity contribution is 0.333. The Morgan fingerprint density at radius 3 is 2.15 bits per heavy atom. The van der Waals surface area contributed by atoms with Crippen LogP contribution in [0.15, 0.2) is 45.3 Å². The largest absolute Gasteiger partial charge is 0.492 e. The number of halogens is 4. The fraction of sp³-hybridized carbons (Fsp3) is 0.143. The lowest BCUT2D eigenvalue weighted by Gasteiger charge is -2.12. The van der Waals surface area contributed by atoms with Gasteiger partial charge in [0.2, 0.25) is 0 Å². The van der Waals surface area contributed by atoms with E-state index in [0.717, 1.165) is 20.4 Å². The first-order valence-corrected chi connectivity index (χ1v) is 8.17. The third-order valence-electron chi connectivity index (χ3n) is 2.49. The van der Waals surface area contributed by atoms with E-state index in [1.807, 2.05) is 24.3 Å². The van der Waals surface area contributed by atoms with E-state index < -0.39 is 0 Å². The molecule has 0 aliphatic rings. The molecule has 2 nitrogen and oxygen atoms in total. The molecule has 0 saturated heterocycles. The number of rotatable bonds is 5. The van der Waals surface area contributed by atoms with Crippen LogP contribution in [0.2, 0.25) is 10.0 Å². The number of hydrogen-bond acceptors (Lipinski definition) is 2. The highest BCUT2D eigenvalue weighted by Gasteiger charge is 2.06. The Balaban J connectivity index is 1.86. The molecule has 0 aromatic heterocycles. The summed E-state index contributed by atoms with van der Waals surface area (Å²) in [7, 11) is 0. The molecule has 0 radical (unpaired) electrons. The topological polar surface area (TPSA) is 21.3 Å². The molecule has 2 aromatic rings. The molecule has 2 aromatic carbocycles. The van der Waals surface area contributed by atoms with Crippen molar-refractivity contribution >= 4 is 60.7 Å². The Kier molecular flexibility index (Phi) is 6.02. The summed E-state index contributed by atoms with van der Waals surface area (Å²) in [4.78, 5) is 0. The highest BCUT2D eigenvalue weighted by molar-refractivity contribution is 9.10. The van der Waals surface area contributed by atoms with Crippen LogP contribution in [0.3, 0.4) is 0 Å². The summed E-state index contributed by atoms with van der Waals surface area (Å²) in [5.74, 6) is 0.822. The van der Waals surface area contributed by atoms with Gasteiger partial charge in [0.05, 0.1) is 15.7 Å². The summed E-state index contributed by atoms with van der Waals surface area (Å²) in [6, 6.07) is 11.3. The minimum atomic E-state index is 0.518. The molecule has 0 bridgehead atoms. The highest BCUT2D eigenvalue weighted by atomic mass is 79.9. The van der Waals surface area contributed by atoms with Crippen LogP contribution >= 0.6 is 55.1 Å². The van der Waals surface area contributed by atoms with E-state index in [1.54, 1.807) is 12.1 Å². The predicted molar refractivity (Wildman–Crippen MR) is 92.3 cm³/mol. The molecule has 0 saturated carbocycles. The number of benzene rings is 2.